The highest BCUT2D eigenvalue weighted by Crippen LogP contribution is 2.53. The third-order valence-electron chi connectivity index (χ3n) is 4.08. The Labute approximate surface area is 151 Å². The van der Waals surface area contributed by atoms with E-state index in [-0.39, 0.29) is 11.8 Å². The standard InChI is InChI=1S/C19H19Cl2NO2/c20-19(21)10-17(19)18(23)22-11-15-8-4-5-9-16(15)13-24-12-14-6-2-1-3-7-14/h1-9,17H,10-13H2,(H,22,23). The van der Waals surface area contributed by atoms with Crippen LogP contribution in [0.4, 0.5) is 0 Å². The molecule has 2 aromatic carbocycles. The summed E-state index contributed by atoms with van der Waals surface area (Å²) in [6.07, 6.45) is 0.518. The van der Waals surface area contributed by atoms with Gasteiger partial charge in [0, 0.05) is 6.54 Å². The van der Waals surface area contributed by atoms with Gasteiger partial charge in [-0.05, 0) is 23.1 Å². The highest BCUT2D eigenvalue weighted by Gasteiger charge is 2.56. The van der Waals surface area contributed by atoms with E-state index in [1.807, 2.05) is 54.6 Å². The molecule has 0 radical (unpaired) electrons. The van der Waals surface area contributed by atoms with Crippen molar-refractivity contribution in [2.75, 3.05) is 0 Å². The number of halogens is 2. The Kier molecular flexibility index (Phi) is 5.44. The van der Waals surface area contributed by atoms with Crippen LogP contribution < -0.4 is 5.32 Å². The number of amides is 1. The number of nitrogens with one attached hydrogen (secondary N) is 1. The van der Waals surface area contributed by atoms with Gasteiger partial charge in [-0.25, -0.2) is 0 Å². The molecule has 1 unspecified atom stereocenters. The molecule has 24 heavy (non-hydrogen) atoms. The number of alkyl halides is 2. The minimum Gasteiger partial charge on any atom is -0.372 e. The van der Waals surface area contributed by atoms with Crippen LogP contribution >= 0.6 is 23.2 Å². The third kappa shape index (κ3) is 4.50. The first-order chi connectivity index (χ1) is 11.6. The Morgan fingerprint density at radius 3 is 2.33 bits per heavy atom. The topological polar surface area (TPSA) is 38.3 Å². The maximum absolute atomic E-state index is 12.0. The van der Waals surface area contributed by atoms with Crippen molar-refractivity contribution in [3.63, 3.8) is 0 Å². The first-order valence-corrected chi connectivity index (χ1v) is 8.66. The monoisotopic (exact) mass is 363 g/mol. The van der Waals surface area contributed by atoms with E-state index in [1.165, 1.54) is 0 Å². The second kappa shape index (κ2) is 7.56. The van der Waals surface area contributed by atoms with Crippen LogP contribution in [0.3, 0.4) is 0 Å². The van der Waals surface area contributed by atoms with Crippen LogP contribution in [0.25, 0.3) is 0 Å². The van der Waals surface area contributed by atoms with Crippen LogP contribution in [0, 0.1) is 5.92 Å². The molecule has 0 spiro atoms. The van der Waals surface area contributed by atoms with Gasteiger partial charge in [0.25, 0.3) is 0 Å². The molecule has 2 aromatic rings. The van der Waals surface area contributed by atoms with Gasteiger partial charge in [-0.2, -0.15) is 0 Å². The van der Waals surface area contributed by atoms with E-state index in [0.29, 0.717) is 26.2 Å². The first-order valence-electron chi connectivity index (χ1n) is 7.90. The molecule has 1 aliphatic carbocycles. The third-order valence-corrected chi connectivity index (χ3v) is 4.92. The van der Waals surface area contributed by atoms with Crippen LogP contribution in [0.5, 0.6) is 0 Å². The lowest BCUT2D eigenvalue weighted by Crippen LogP contribution is -2.26. The van der Waals surface area contributed by atoms with Gasteiger partial charge >= 0.3 is 0 Å². The summed E-state index contributed by atoms with van der Waals surface area (Å²) in [5.74, 6) is -0.401. The van der Waals surface area contributed by atoms with E-state index in [0.717, 1.165) is 16.7 Å². The zero-order valence-electron chi connectivity index (χ0n) is 13.2. The average Bonchev–Trinajstić information content (AvgIpc) is 3.23. The minimum atomic E-state index is -0.887. The number of hydrogen-bond acceptors (Lipinski definition) is 2. The van der Waals surface area contributed by atoms with Gasteiger partial charge in [0.2, 0.25) is 5.91 Å². The van der Waals surface area contributed by atoms with Crippen molar-refractivity contribution < 1.29 is 9.53 Å². The Morgan fingerprint density at radius 1 is 1.04 bits per heavy atom. The predicted octanol–water partition coefficient (Wildman–Crippen LogP) is 4.21. The molecule has 1 saturated carbocycles. The van der Waals surface area contributed by atoms with E-state index >= 15 is 0 Å². The molecule has 1 fully saturated rings. The van der Waals surface area contributed by atoms with Crippen molar-refractivity contribution in [3.8, 4) is 0 Å². The van der Waals surface area contributed by atoms with Crippen molar-refractivity contribution in [2.24, 2.45) is 5.92 Å². The molecule has 0 aromatic heterocycles. The summed E-state index contributed by atoms with van der Waals surface area (Å²) in [5, 5.41) is 2.90. The lowest BCUT2D eigenvalue weighted by Gasteiger charge is -2.11. The molecule has 3 nitrogen and oxygen atoms in total. The van der Waals surface area contributed by atoms with Crippen molar-refractivity contribution >= 4 is 29.1 Å². The Bertz CT molecular complexity index is 704. The van der Waals surface area contributed by atoms with Gasteiger partial charge in [0.1, 0.15) is 4.33 Å². The fourth-order valence-corrected chi connectivity index (χ4v) is 3.03. The van der Waals surface area contributed by atoms with Gasteiger partial charge in [0.05, 0.1) is 19.1 Å². The van der Waals surface area contributed by atoms with Crippen molar-refractivity contribution in [1.82, 2.24) is 5.32 Å². The van der Waals surface area contributed by atoms with Gasteiger partial charge in [-0.3, -0.25) is 4.79 Å². The molecule has 5 heteroatoms. The first kappa shape index (κ1) is 17.3. The number of benzene rings is 2. The number of carbonyl (C=O) groups excluding carboxylic acids is 1. The van der Waals surface area contributed by atoms with Gasteiger partial charge < -0.3 is 10.1 Å². The van der Waals surface area contributed by atoms with Gasteiger partial charge in [-0.15, -0.1) is 23.2 Å². The van der Waals surface area contributed by atoms with E-state index in [4.69, 9.17) is 27.9 Å². The molecule has 1 atom stereocenters. The van der Waals surface area contributed by atoms with E-state index in [2.05, 4.69) is 5.32 Å². The Hall–Kier alpha value is -1.55. The molecule has 3 rings (SSSR count). The van der Waals surface area contributed by atoms with Crippen LogP contribution in [-0.4, -0.2) is 10.2 Å². The van der Waals surface area contributed by atoms with E-state index in [1.54, 1.807) is 0 Å². The molecule has 1 aliphatic rings. The lowest BCUT2D eigenvalue weighted by atomic mass is 10.1. The molecule has 1 amide bonds. The summed E-state index contributed by atoms with van der Waals surface area (Å²) in [4.78, 5) is 12.0. The number of hydrogen-bond donors (Lipinski definition) is 1. The fourth-order valence-electron chi connectivity index (χ4n) is 2.53. The summed E-state index contributed by atoms with van der Waals surface area (Å²) < 4.78 is 4.90. The summed E-state index contributed by atoms with van der Waals surface area (Å²) in [6.45, 7) is 1.51. The molecule has 126 valence electrons. The normalized spacial score (nSPS) is 18.2. The van der Waals surface area contributed by atoms with Crippen molar-refractivity contribution in [3.05, 3.63) is 71.3 Å². The summed E-state index contributed by atoms with van der Waals surface area (Å²) >= 11 is 11.9. The zero-order valence-corrected chi connectivity index (χ0v) is 14.7. The van der Waals surface area contributed by atoms with Gasteiger partial charge in [0.15, 0.2) is 0 Å². The molecular weight excluding hydrogens is 345 g/mol. The maximum Gasteiger partial charge on any atom is 0.226 e. The summed E-state index contributed by atoms with van der Waals surface area (Å²) in [7, 11) is 0. The number of ether oxygens (including phenoxy) is 1. The Balaban J connectivity index is 1.52. The van der Waals surface area contributed by atoms with Crippen molar-refractivity contribution in [1.29, 1.82) is 0 Å². The van der Waals surface area contributed by atoms with E-state index in [9.17, 15) is 4.79 Å². The maximum atomic E-state index is 12.0. The average molecular weight is 364 g/mol. The molecule has 1 N–H and O–H groups in total. The summed E-state index contributed by atoms with van der Waals surface area (Å²) in [6, 6.07) is 18.0. The van der Waals surface area contributed by atoms with Gasteiger partial charge in [-0.1, -0.05) is 54.6 Å². The second-order valence-corrected chi connectivity index (χ2v) is 7.53. The highest BCUT2D eigenvalue weighted by atomic mass is 35.5. The number of carbonyl (C=O) groups is 1. The molecule has 0 bridgehead atoms. The quantitative estimate of drug-likeness (QED) is 0.748. The molecular formula is C19H19Cl2NO2. The Morgan fingerprint density at radius 2 is 1.67 bits per heavy atom. The smallest absolute Gasteiger partial charge is 0.226 e. The molecule has 0 heterocycles. The second-order valence-electron chi connectivity index (χ2n) is 5.98. The van der Waals surface area contributed by atoms with Crippen LogP contribution in [0.2, 0.25) is 0 Å². The molecule has 0 aliphatic heterocycles. The summed E-state index contributed by atoms with van der Waals surface area (Å²) in [5.41, 5.74) is 3.24. The zero-order chi connectivity index (χ0) is 17.0. The molecule has 0 saturated heterocycles. The minimum absolute atomic E-state index is 0.0972. The van der Waals surface area contributed by atoms with Crippen molar-refractivity contribution in [2.45, 2.75) is 30.5 Å². The predicted molar refractivity (Wildman–Crippen MR) is 95.8 cm³/mol. The van der Waals surface area contributed by atoms with E-state index < -0.39 is 4.33 Å². The highest BCUT2D eigenvalue weighted by molar-refractivity contribution is 6.52. The van der Waals surface area contributed by atoms with Crippen LogP contribution in [0.1, 0.15) is 23.1 Å². The fraction of sp³-hybridized carbons (Fsp3) is 0.316. The SMILES string of the molecule is O=C(NCc1ccccc1COCc1ccccc1)C1CC1(Cl)Cl. The lowest BCUT2D eigenvalue weighted by molar-refractivity contribution is -0.122. The largest absolute Gasteiger partial charge is 0.372 e. The van der Waals surface area contributed by atoms with Crippen LogP contribution in [-0.2, 0) is 29.3 Å². The number of rotatable bonds is 7. The van der Waals surface area contributed by atoms with Crippen LogP contribution in [0.15, 0.2) is 54.6 Å².